The minimum absolute atomic E-state index is 0.129. The molecule has 0 bridgehead atoms. The van der Waals surface area contributed by atoms with E-state index in [1.54, 1.807) is 50.4 Å². The summed E-state index contributed by atoms with van der Waals surface area (Å²) in [4.78, 5) is 33.7. The van der Waals surface area contributed by atoms with Gasteiger partial charge in [-0.05, 0) is 43.2 Å². The van der Waals surface area contributed by atoms with Crippen molar-refractivity contribution in [3.8, 4) is 27.9 Å². The summed E-state index contributed by atoms with van der Waals surface area (Å²) >= 11 is 6.57. The Morgan fingerprint density at radius 1 is 0.927 bits per heavy atom. The number of aromatic nitrogens is 5. The summed E-state index contributed by atoms with van der Waals surface area (Å²) in [6, 6.07) is 16.3. The van der Waals surface area contributed by atoms with Crippen molar-refractivity contribution in [1.82, 2.24) is 24.3 Å². The van der Waals surface area contributed by atoms with E-state index in [2.05, 4.69) is 15.1 Å². The van der Waals surface area contributed by atoms with Crippen LogP contribution in [0.15, 0.2) is 88.8 Å². The number of fused-ring (bicyclic) bond motifs is 2. The standard InChI is InChI=1S/C30H21ClF3N5O2/c1-16(2)38-15-22(27(37-38)30(32,33)34)20-8-5-9-23(31)26(20)17-10-11-21-24(12-17)36-29(41)39(28(21)40)25-14-35-13-18-6-3-4-7-19(18)25/h3-16H,1-2H3,(H,36,41). The van der Waals surface area contributed by atoms with Crippen LogP contribution in [-0.2, 0) is 6.18 Å². The molecule has 0 radical (unpaired) electrons. The monoisotopic (exact) mass is 575 g/mol. The fourth-order valence-corrected chi connectivity index (χ4v) is 5.26. The van der Waals surface area contributed by atoms with E-state index in [0.29, 0.717) is 22.2 Å². The summed E-state index contributed by atoms with van der Waals surface area (Å²) in [5.41, 5.74) is -0.922. The van der Waals surface area contributed by atoms with E-state index in [4.69, 9.17) is 11.6 Å². The number of alkyl halides is 3. The number of nitrogens with one attached hydrogen (secondary N) is 1. The van der Waals surface area contributed by atoms with Crippen LogP contribution in [0.4, 0.5) is 13.2 Å². The lowest BCUT2D eigenvalue weighted by molar-refractivity contribution is -0.141. The molecule has 11 heteroatoms. The highest BCUT2D eigenvalue weighted by atomic mass is 35.5. The van der Waals surface area contributed by atoms with Crippen molar-refractivity contribution in [2.24, 2.45) is 0 Å². The van der Waals surface area contributed by atoms with Gasteiger partial charge in [0.05, 0.1) is 22.8 Å². The Morgan fingerprint density at radius 2 is 1.71 bits per heavy atom. The molecule has 6 aromatic rings. The van der Waals surface area contributed by atoms with E-state index in [1.165, 1.54) is 35.3 Å². The number of aromatic amines is 1. The number of benzene rings is 3. The van der Waals surface area contributed by atoms with Gasteiger partial charge in [-0.2, -0.15) is 18.3 Å². The number of halogens is 4. The van der Waals surface area contributed by atoms with Crippen LogP contribution < -0.4 is 11.2 Å². The highest BCUT2D eigenvalue weighted by Crippen LogP contribution is 2.43. The molecule has 3 aromatic carbocycles. The van der Waals surface area contributed by atoms with Crippen LogP contribution in [0.3, 0.4) is 0 Å². The van der Waals surface area contributed by atoms with Crippen LogP contribution in [-0.4, -0.2) is 24.3 Å². The lowest BCUT2D eigenvalue weighted by Gasteiger charge is -2.14. The Labute approximate surface area is 235 Å². The van der Waals surface area contributed by atoms with Crippen LogP contribution in [0, 0.1) is 0 Å². The first-order chi connectivity index (χ1) is 19.5. The van der Waals surface area contributed by atoms with Crippen molar-refractivity contribution in [2.75, 3.05) is 0 Å². The third kappa shape index (κ3) is 4.50. The molecule has 0 aliphatic carbocycles. The van der Waals surface area contributed by atoms with Gasteiger partial charge in [0.25, 0.3) is 5.56 Å². The maximum Gasteiger partial charge on any atom is 0.435 e. The summed E-state index contributed by atoms with van der Waals surface area (Å²) in [6.45, 7) is 3.47. The first kappa shape index (κ1) is 26.5. The van der Waals surface area contributed by atoms with Crippen molar-refractivity contribution < 1.29 is 13.2 Å². The number of nitrogens with zero attached hydrogens (tertiary/aromatic N) is 4. The Balaban J connectivity index is 1.56. The number of pyridine rings is 1. The van der Waals surface area contributed by atoms with Crippen LogP contribution in [0.1, 0.15) is 25.6 Å². The third-order valence-corrected chi connectivity index (χ3v) is 7.22. The second-order valence-corrected chi connectivity index (χ2v) is 10.2. The van der Waals surface area contributed by atoms with E-state index in [1.807, 2.05) is 12.1 Å². The van der Waals surface area contributed by atoms with Gasteiger partial charge in [0.1, 0.15) is 0 Å². The van der Waals surface area contributed by atoms with Gasteiger partial charge in [-0.25, -0.2) is 9.36 Å². The summed E-state index contributed by atoms with van der Waals surface area (Å²) < 4.78 is 44.4. The Bertz CT molecular complexity index is 2090. The normalized spacial score (nSPS) is 12.1. The molecule has 6 rings (SSSR count). The van der Waals surface area contributed by atoms with Gasteiger partial charge in [-0.1, -0.05) is 54.1 Å². The summed E-state index contributed by atoms with van der Waals surface area (Å²) in [5.74, 6) is 0. The molecule has 0 saturated heterocycles. The lowest BCUT2D eigenvalue weighted by Crippen LogP contribution is -2.33. The first-order valence-electron chi connectivity index (χ1n) is 12.6. The highest BCUT2D eigenvalue weighted by molar-refractivity contribution is 6.34. The molecule has 206 valence electrons. The van der Waals surface area contributed by atoms with Crippen molar-refractivity contribution in [1.29, 1.82) is 0 Å². The SMILES string of the molecule is CC(C)n1cc(-c2cccc(Cl)c2-c2ccc3c(=O)n(-c4cncc5ccccc45)c(=O)[nH]c3c2)c(C(F)(F)F)n1. The zero-order valence-electron chi connectivity index (χ0n) is 21.7. The largest absolute Gasteiger partial charge is 0.435 e. The molecule has 41 heavy (non-hydrogen) atoms. The van der Waals surface area contributed by atoms with Gasteiger partial charge in [-0.3, -0.25) is 14.5 Å². The van der Waals surface area contributed by atoms with Crippen molar-refractivity contribution in [2.45, 2.75) is 26.1 Å². The van der Waals surface area contributed by atoms with Gasteiger partial charge < -0.3 is 4.98 Å². The zero-order valence-corrected chi connectivity index (χ0v) is 22.5. The molecule has 0 amide bonds. The van der Waals surface area contributed by atoms with Crippen LogP contribution in [0.5, 0.6) is 0 Å². The van der Waals surface area contributed by atoms with Crippen molar-refractivity contribution in [3.05, 3.63) is 111 Å². The second kappa shape index (κ2) is 9.74. The molecule has 3 heterocycles. The molecule has 1 N–H and O–H groups in total. The van der Waals surface area contributed by atoms with Gasteiger partial charge in [0, 0.05) is 45.4 Å². The Kier molecular flexibility index (Phi) is 6.30. The van der Waals surface area contributed by atoms with E-state index in [9.17, 15) is 22.8 Å². The fourth-order valence-electron chi connectivity index (χ4n) is 4.98. The van der Waals surface area contributed by atoms with E-state index in [-0.39, 0.29) is 33.1 Å². The first-order valence-corrected chi connectivity index (χ1v) is 13.0. The molecule has 0 atom stereocenters. The maximum absolute atomic E-state index is 14.0. The number of rotatable bonds is 4. The smallest absolute Gasteiger partial charge is 0.306 e. The second-order valence-electron chi connectivity index (χ2n) is 9.84. The molecule has 0 saturated carbocycles. The average Bonchev–Trinajstić information content (AvgIpc) is 3.40. The predicted molar refractivity (Wildman–Crippen MR) is 153 cm³/mol. The van der Waals surface area contributed by atoms with Gasteiger partial charge in [-0.15, -0.1) is 0 Å². The number of hydrogen-bond acceptors (Lipinski definition) is 4. The van der Waals surface area contributed by atoms with Crippen LogP contribution in [0.2, 0.25) is 5.02 Å². The van der Waals surface area contributed by atoms with Gasteiger partial charge in [0.2, 0.25) is 0 Å². The van der Waals surface area contributed by atoms with Gasteiger partial charge >= 0.3 is 11.9 Å². The Hall–Kier alpha value is -4.70. The minimum atomic E-state index is -4.70. The quantitative estimate of drug-likeness (QED) is 0.245. The third-order valence-electron chi connectivity index (χ3n) is 6.91. The predicted octanol–water partition coefficient (Wildman–Crippen LogP) is 7.01. The molecule has 0 fully saturated rings. The summed E-state index contributed by atoms with van der Waals surface area (Å²) in [6.07, 6.45) is -0.264. The molecule has 0 aliphatic rings. The molecular weight excluding hydrogens is 555 g/mol. The topological polar surface area (TPSA) is 85.6 Å². The summed E-state index contributed by atoms with van der Waals surface area (Å²) in [7, 11) is 0. The lowest BCUT2D eigenvalue weighted by atomic mass is 9.94. The molecule has 7 nitrogen and oxygen atoms in total. The van der Waals surface area contributed by atoms with E-state index < -0.39 is 23.1 Å². The molecular formula is C30H21ClF3N5O2. The molecule has 0 spiro atoms. The Morgan fingerprint density at radius 3 is 2.46 bits per heavy atom. The fraction of sp³-hybridized carbons (Fsp3) is 0.133. The average molecular weight is 576 g/mol. The van der Waals surface area contributed by atoms with Crippen molar-refractivity contribution >= 4 is 33.3 Å². The van der Waals surface area contributed by atoms with Crippen LogP contribution in [0.25, 0.3) is 49.6 Å². The molecule has 0 unspecified atom stereocenters. The van der Waals surface area contributed by atoms with Crippen LogP contribution >= 0.6 is 11.6 Å². The number of H-pyrrole nitrogens is 1. The molecule has 0 aliphatic heterocycles. The van der Waals surface area contributed by atoms with E-state index in [0.717, 1.165) is 9.95 Å². The molecule has 3 aromatic heterocycles. The zero-order chi connectivity index (χ0) is 29.1. The summed E-state index contributed by atoms with van der Waals surface area (Å²) in [5, 5.41) is 5.65. The number of hydrogen-bond donors (Lipinski definition) is 1. The highest BCUT2D eigenvalue weighted by Gasteiger charge is 2.38. The maximum atomic E-state index is 14.0. The van der Waals surface area contributed by atoms with E-state index >= 15 is 0 Å². The minimum Gasteiger partial charge on any atom is -0.306 e. The van der Waals surface area contributed by atoms with Gasteiger partial charge in [0.15, 0.2) is 5.69 Å². The van der Waals surface area contributed by atoms with Crippen molar-refractivity contribution in [3.63, 3.8) is 0 Å².